The highest BCUT2D eigenvalue weighted by molar-refractivity contribution is 5.71. The molecule has 4 heteroatoms. The lowest BCUT2D eigenvalue weighted by Crippen LogP contribution is -2.48. The predicted octanol–water partition coefficient (Wildman–Crippen LogP) is 0.913. The Bertz CT molecular complexity index is 346. The molecule has 1 aromatic rings. The largest absolute Gasteiger partial charge is 0.469 e. The Labute approximate surface area is 88.2 Å². The van der Waals surface area contributed by atoms with Gasteiger partial charge in [-0.25, -0.2) is 0 Å². The van der Waals surface area contributed by atoms with Crippen LogP contribution < -0.4 is 0 Å². The summed E-state index contributed by atoms with van der Waals surface area (Å²) in [6, 6.07) is 3.84. The van der Waals surface area contributed by atoms with Crippen molar-refractivity contribution < 1.29 is 14.3 Å². The SMILES string of the molecule is COC(=O)CC1(c2cccnc2)COC1. The summed E-state index contributed by atoms with van der Waals surface area (Å²) in [5.74, 6) is -0.206. The molecule has 0 saturated carbocycles. The quantitative estimate of drug-likeness (QED) is 0.691. The zero-order valence-corrected chi connectivity index (χ0v) is 8.60. The van der Waals surface area contributed by atoms with Gasteiger partial charge in [0.1, 0.15) is 0 Å². The number of nitrogens with zero attached hydrogens (tertiary/aromatic N) is 1. The summed E-state index contributed by atoms with van der Waals surface area (Å²) in [6.07, 6.45) is 3.86. The van der Waals surface area contributed by atoms with E-state index < -0.39 is 0 Å². The Kier molecular flexibility index (Phi) is 2.68. The maximum atomic E-state index is 11.3. The summed E-state index contributed by atoms with van der Waals surface area (Å²) in [4.78, 5) is 15.4. The highest BCUT2D eigenvalue weighted by Gasteiger charge is 2.42. The molecular weight excluding hydrogens is 194 g/mol. The molecule has 0 bridgehead atoms. The zero-order valence-electron chi connectivity index (χ0n) is 8.60. The van der Waals surface area contributed by atoms with Crippen molar-refractivity contribution in [2.24, 2.45) is 0 Å². The van der Waals surface area contributed by atoms with Crippen LogP contribution in [0.2, 0.25) is 0 Å². The van der Waals surface area contributed by atoms with Crippen LogP contribution in [0.25, 0.3) is 0 Å². The second-order valence-corrected chi connectivity index (χ2v) is 3.77. The number of carbonyl (C=O) groups is 1. The van der Waals surface area contributed by atoms with Crippen LogP contribution in [-0.4, -0.2) is 31.3 Å². The molecule has 15 heavy (non-hydrogen) atoms. The topological polar surface area (TPSA) is 48.4 Å². The summed E-state index contributed by atoms with van der Waals surface area (Å²) in [7, 11) is 1.40. The van der Waals surface area contributed by atoms with E-state index in [1.165, 1.54) is 7.11 Å². The molecule has 1 saturated heterocycles. The molecule has 1 aromatic heterocycles. The predicted molar refractivity (Wildman–Crippen MR) is 53.4 cm³/mol. The number of ether oxygens (including phenoxy) is 2. The van der Waals surface area contributed by atoms with Gasteiger partial charge in [0.2, 0.25) is 0 Å². The van der Waals surface area contributed by atoms with E-state index in [0.717, 1.165) is 5.56 Å². The van der Waals surface area contributed by atoms with Crippen molar-refractivity contribution in [3.63, 3.8) is 0 Å². The van der Waals surface area contributed by atoms with Crippen molar-refractivity contribution in [2.75, 3.05) is 20.3 Å². The average Bonchev–Trinajstić information content (AvgIpc) is 2.24. The number of methoxy groups -OCH3 is 1. The maximum Gasteiger partial charge on any atom is 0.306 e. The van der Waals surface area contributed by atoms with Crippen LogP contribution in [-0.2, 0) is 19.7 Å². The summed E-state index contributed by atoms with van der Waals surface area (Å²) >= 11 is 0. The molecule has 4 nitrogen and oxygen atoms in total. The van der Waals surface area contributed by atoms with Crippen LogP contribution in [0.1, 0.15) is 12.0 Å². The Hall–Kier alpha value is -1.42. The number of pyridine rings is 1. The molecule has 1 fully saturated rings. The Balaban J connectivity index is 2.19. The molecule has 80 valence electrons. The maximum absolute atomic E-state index is 11.3. The fourth-order valence-corrected chi connectivity index (χ4v) is 1.74. The third kappa shape index (κ3) is 1.85. The number of aromatic nitrogens is 1. The second-order valence-electron chi connectivity index (χ2n) is 3.77. The molecule has 0 unspecified atom stereocenters. The van der Waals surface area contributed by atoms with E-state index in [0.29, 0.717) is 19.6 Å². The lowest BCUT2D eigenvalue weighted by Gasteiger charge is -2.40. The number of hydrogen-bond acceptors (Lipinski definition) is 4. The highest BCUT2D eigenvalue weighted by atomic mass is 16.5. The molecule has 0 amide bonds. The van der Waals surface area contributed by atoms with Crippen molar-refractivity contribution in [3.05, 3.63) is 30.1 Å². The lowest BCUT2D eigenvalue weighted by molar-refractivity contribution is -0.148. The van der Waals surface area contributed by atoms with Gasteiger partial charge in [0, 0.05) is 12.4 Å². The van der Waals surface area contributed by atoms with Crippen LogP contribution in [0.3, 0.4) is 0 Å². The van der Waals surface area contributed by atoms with Crippen LogP contribution in [0.4, 0.5) is 0 Å². The molecule has 0 radical (unpaired) electrons. The molecule has 2 rings (SSSR count). The van der Waals surface area contributed by atoms with Crippen LogP contribution in [0.5, 0.6) is 0 Å². The van der Waals surface area contributed by atoms with Gasteiger partial charge in [0.25, 0.3) is 0 Å². The number of hydrogen-bond donors (Lipinski definition) is 0. The first kappa shape index (κ1) is 10.1. The van der Waals surface area contributed by atoms with Crippen LogP contribution in [0.15, 0.2) is 24.5 Å². The number of esters is 1. The molecule has 1 aliphatic rings. The minimum atomic E-state index is -0.221. The molecule has 0 atom stereocenters. The Morgan fingerprint density at radius 2 is 2.47 bits per heavy atom. The first-order chi connectivity index (χ1) is 7.27. The minimum Gasteiger partial charge on any atom is -0.469 e. The molecule has 0 aromatic carbocycles. The van der Waals surface area contributed by atoms with Gasteiger partial charge in [0.15, 0.2) is 0 Å². The van der Waals surface area contributed by atoms with E-state index in [9.17, 15) is 4.79 Å². The molecule has 0 spiro atoms. The van der Waals surface area contributed by atoms with Gasteiger partial charge < -0.3 is 9.47 Å². The van der Waals surface area contributed by atoms with E-state index >= 15 is 0 Å². The molecular formula is C11H13NO3. The highest BCUT2D eigenvalue weighted by Crippen LogP contribution is 2.35. The summed E-state index contributed by atoms with van der Waals surface area (Å²) < 4.78 is 9.89. The van der Waals surface area contributed by atoms with E-state index in [4.69, 9.17) is 4.74 Å². The number of rotatable bonds is 3. The van der Waals surface area contributed by atoms with Gasteiger partial charge in [0.05, 0.1) is 32.2 Å². The smallest absolute Gasteiger partial charge is 0.306 e. The fourth-order valence-electron chi connectivity index (χ4n) is 1.74. The third-order valence-electron chi connectivity index (χ3n) is 2.74. The summed E-state index contributed by atoms with van der Waals surface area (Å²) in [5, 5.41) is 0. The second kappa shape index (κ2) is 3.98. The molecule has 0 aliphatic carbocycles. The summed E-state index contributed by atoms with van der Waals surface area (Å²) in [5.41, 5.74) is 0.822. The normalized spacial score (nSPS) is 17.9. The monoisotopic (exact) mass is 207 g/mol. The van der Waals surface area contributed by atoms with Gasteiger partial charge in [-0.15, -0.1) is 0 Å². The van der Waals surface area contributed by atoms with Crippen LogP contribution >= 0.6 is 0 Å². The van der Waals surface area contributed by atoms with Crippen LogP contribution in [0, 0.1) is 0 Å². The van der Waals surface area contributed by atoms with Gasteiger partial charge in [-0.05, 0) is 11.6 Å². The van der Waals surface area contributed by atoms with Crippen molar-refractivity contribution in [1.82, 2.24) is 4.98 Å². The van der Waals surface area contributed by atoms with Crippen molar-refractivity contribution >= 4 is 5.97 Å². The summed E-state index contributed by atoms with van der Waals surface area (Å²) in [6.45, 7) is 1.13. The molecule has 2 heterocycles. The number of carbonyl (C=O) groups excluding carboxylic acids is 1. The first-order valence-electron chi connectivity index (χ1n) is 4.82. The Morgan fingerprint density at radius 3 is 2.93 bits per heavy atom. The van der Waals surface area contributed by atoms with E-state index in [1.54, 1.807) is 12.4 Å². The van der Waals surface area contributed by atoms with Crippen molar-refractivity contribution in [2.45, 2.75) is 11.8 Å². The average molecular weight is 207 g/mol. The fraction of sp³-hybridized carbons (Fsp3) is 0.455. The van der Waals surface area contributed by atoms with Crippen molar-refractivity contribution in [3.8, 4) is 0 Å². The zero-order chi connectivity index (χ0) is 10.7. The van der Waals surface area contributed by atoms with E-state index in [1.807, 2.05) is 12.1 Å². The van der Waals surface area contributed by atoms with Gasteiger partial charge >= 0.3 is 5.97 Å². The third-order valence-corrected chi connectivity index (χ3v) is 2.74. The molecule has 1 aliphatic heterocycles. The standard InChI is InChI=1S/C11H13NO3/c1-14-10(13)5-11(7-15-8-11)9-3-2-4-12-6-9/h2-4,6H,5,7-8H2,1H3. The van der Waals surface area contributed by atoms with E-state index in [-0.39, 0.29) is 11.4 Å². The van der Waals surface area contributed by atoms with Gasteiger partial charge in [-0.2, -0.15) is 0 Å². The molecule has 0 N–H and O–H groups in total. The van der Waals surface area contributed by atoms with Crippen molar-refractivity contribution in [1.29, 1.82) is 0 Å². The van der Waals surface area contributed by atoms with E-state index in [2.05, 4.69) is 9.72 Å². The lowest BCUT2D eigenvalue weighted by atomic mass is 9.76. The van der Waals surface area contributed by atoms with Gasteiger partial charge in [-0.3, -0.25) is 9.78 Å². The first-order valence-corrected chi connectivity index (χ1v) is 4.82. The Morgan fingerprint density at radius 1 is 1.67 bits per heavy atom. The minimum absolute atomic E-state index is 0.206. The van der Waals surface area contributed by atoms with Gasteiger partial charge in [-0.1, -0.05) is 6.07 Å².